The van der Waals surface area contributed by atoms with E-state index in [4.69, 9.17) is 0 Å². The van der Waals surface area contributed by atoms with Crippen LogP contribution in [0.5, 0.6) is 0 Å². The Morgan fingerprint density at radius 2 is 0.812 bits per heavy atom. The number of para-hydroxylation sites is 2. The van der Waals surface area contributed by atoms with Gasteiger partial charge in [0.05, 0.1) is 22.0 Å². The molecule has 2 aliphatic rings. The Hall–Kier alpha value is -6.32. The Balaban J connectivity index is 1.27. The highest BCUT2D eigenvalue weighted by atomic mass is 16.1. The van der Waals surface area contributed by atoms with Gasteiger partial charge >= 0.3 is 0 Å². The van der Waals surface area contributed by atoms with Crippen molar-refractivity contribution >= 4 is 38.1 Å². The number of hydrogen-bond acceptors (Lipinski definition) is 2. The Morgan fingerprint density at radius 3 is 1.33 bits per heavy atom. The van der Waals surface area contributed by atoms with Crippen LogP contribution in [0, 0.1) is 0 Å². The zero-order valence-electron chi connectivity index (χ0n) is 25.7. The van der Waals surface area contributed by atoms with Crippen molar-refractivity contribution in [2.45, 2.75) is 5.41 Å². The van der Waals surface area contributed by atoms with E-state index in [0.29, 0.717) is 27.1 Å². The van der Waals surface area contributed by atoms with E-state index >= 15 is 0 Å². The Kier molecular flexibility index (Phi) is 4.81. The number of aromatic nitrogens is 1. The molecule has 2 heterocycles. The van der Waals surface area contributed by atoms with Crippen LogP contribution in [0.1, 0.15) is 22.3 Å². The Labute approximate surface area is 274 Å². The van der Waals surface area contributed by atoms with E-state index < -0.39 is 5.41 Å². The van der Waals surface area contributed by atoms with Crippen LogP contribution in [-0.2, 0) is 5.41 Å². The van der Waals surface area contributed by atoms with Crippen LogP contribution in [0.15, 0.2) is 161 Å². The molecule has 7 aromatic carbocycles. The maximum Gasteiger partial charge on any atom is 0.197 e. The van der Waals surface area contributed by atoms with E-state index in [1.807, 2.05) is 60.7 Å². The van der Waals surface area contributed by atoms with E-state index in [2.05, 4.69) is 95.4 Å². The van der Waals surface area contributed by atoms with Gasteiger partial charge in [0, 0.05) is 21.5 Å². The van der Waals surface area contributed by atoms with Gasteiger partial charge in [-0.3, -0.25) is 9.59 Å². The first-order valence-corrected chi connectivity index (χ1v) is 16.4. The van der Waals surface area contributed by atoms with Crippen molar-refractivity contribution in [3.63, 3.8) is 0 Å². The zero-order chi connectivity index (χ0) is 31.7. The van der Waals surface area contributed by atoms with Crippen LogP contribution in [0.3, 0.4) is 0 Å². The molecule has 3 heteroatoms. The molecule has 0 unspecified atom stereocenters. The van der Waals surface area contributed by atoms with E-state index in [1.165, 1.54) is 44.5 Å². The van der Waals surface area contributed by atoms with Crippen molar-refractivity contribution in [3.05, 3.63) is 194 Å². The predicted octanol–water partition coefficient (Wildman–Crippen LogP) is 9.57. The summed E-state index contributed by atoms with van der Waals surface area (Å²) < 4.78 is 2.10. The molecule has 48 heavy (non-hydrogen) atoms. The third kappa shape index (κ3) is 2.96. The molecule has 0 aliphatic heterocycles. The molecule has 0 radical (unpaired) electrons. The van der Waals surface area contributed by atoms with Crippen molar-refractivity contribution in [1.29, 1.82) is 0 Å². The SMILES string of the molecule is O=c1c2ccccc2n2c3ccccc3c(=O)c3cc(-c4ccc5c(c4)C4(c6ccccc6-c6ccccc64)c4ccccc4-5)cc1c32. The Bertz CT molecular complexity index is 2840. The minimum atomic E-state index is -0.474. The smallest absolute Gasteiger partial charge is 0.197 e. The van der Waals surface area contributed by atoms with Crippen LogP contribution in [0.2, 0.25) is 0 Å². The number of benzene rings is 7. The molecule has 0 saturated carbocycles. The van der Waals surface area contributed by atoms with Crippen LogP contribution < -0.4 is 10.9 Å². The summed E-state index contributed by atoms with van der Waals surface area (Å²) in [5.74, 6) is 0. The van der Waals surface area contributed by atoms with E-state index in [0.717, 1.165) is 22.2 Å². The molecule has 11 rings (SSSR count). The highest BCUT2D eigenvalue weighted by Gasteiger charge is 2.51. The van der Waals surface area contributed by atoms with Gasteiger partial charge in [-0.1, -0.05) is 109 Å². The van der Waals surface area contributed by atoms with Gasteiger partial charge in [0.25, 0.3) is 0 Å². The molecule has 2 aliphatic carbocycles. The summed E-state index contributed by atoms with van der Waals surface area (Å²) in [6.07, 6.45) is 0. The molecule has 0 saturated heterocycles. The first-order valence-electron chi connectivity index (χ1n) is 16.4. The summed E-state index contributed by atoms with van der Waals surface area (Å²) >= 11 is 0. The second-order valence-electron chi connectivity index (χ2n) is 13.1. The molecular formula is C45H25NO2. The molecular weight excluding hydrogens is 587 g/mol. The third-order valence-corrected chi connectivity index (χ3v) is 10.9. The minimum Gasteiger partial charge on any atom is -0.308 e. The molecule has 9 aromatic rings. The minimum absolute atomic E-state index is 0.0594. The third-order valence-electron chi connectivity index (χ3n) is 10.9. The van der Waals surface area contributed by atoms with Crippen molar-refractivity contribution in [2.75, 3.05) is 0 Å². The average Bonchev–Trinajstić information content (AvgIpc) is 3.61. The van der Waals surface area contributed by atoms with Crippen LogP contribution in [0.25, 0.3) is 71.5 Å². The van der Waals surface area contributed by atoms with Crippen LogP contribution >= 0.6 is 0 Å². The number of rotatable bonds is 1. The van der Waals surface area contributed by atoms with E-state index in [1.54, 1.807) is 0 Å². The lowest BCUT2D eigenvalue weighted by molar-refractivity contribution is 0.794. The number of fused-ring (bicyclic) bond motifs is 14. The quantitative estimate of drug-likeness (QED) is 0.137. The fourth-order valence-corrected chi connectivity index (χ4v) is 9.04. The monoisotopic (exact) mass is 611 g/mol. The number of pyridine rings is 2. The summed E-state index contributed by atoms with van der Waals surface area (Å²) in [5, 5.41) is 2.39. The van der Waals surface area contributed by atoms with Gasteiger partial charge in [-0.05, 0) is 98.1 Å². The van der Waals surface area contributed by atoms with Crippen LogP contribution in [-0.4, -0.2) is 4.40 Å². The van der Waals surface area contributed by atoms with Crippen molar-refractivity contribution in [2.24, 2.45) is 0 Å². The zero-order valence-corrected chi connectivity index (χ0v) is 25.7. The van der Waals surface area contributed by atoms with Gasteiger partial charge < -0.3 is 4.40 Å². The highest BCUT2D eigenvalue weighted by molar-refractivity contribution is 6.09. The van der Waals surface area contributed by atoms with Gasteiger partial charge in [0.2, 0.25) is 0 Å². The van der Waals surface area contributed by atoms with Crippen LogP contribution in [0.4, 0.5) is 0 Å². The molecule has 0 fully saturated rings. The second-order valence-corrected chi connectivity index (χ2v) is 13.1. The van der Waals surface area contributed by atoms with Crippen molar-refractivity contribution < 1.29 is 0 Å². The maximum atomic E-state index is 14.2. The first kappa shape index (κ1) is 25.8. The number of hydrogen-bond donors (Lipinski definition) is 0. The topological polar surface area (TPSA) is 38.5 Å². The molecule has 222 valence electrons. The Morgan fingerprint density at radius 1 is 0.375 bits per heavy atom. The van der Waals surface area contributed by atoms with Crippen molar-refractivity contribution in [1.82, 2.24) is 4.40 Å². The fraction of sp³-hybridized carbons (Fsp3) is 0.0222. The van der Waals surface area contributed by atoms with E-state index in [9.17, 15) is 9.59 Å². The molecule has 1 spiro atoms. The second kappa shape index (κ2) is 8.93. The molecule has 0 bridgehead atoms. The molecule has 3 nitrogen and oxygen atoms in total. The standard InChI is InChI=1S/C45H25NO2/c47-43-32-14-4-9-19-40(32)46-41-20-10-5-15-33(41)44(48)35-24-27(23-34(43)42(35)46)26-21-22-31-30-13-3-8-18-38(30)45(39(31)25-26)36-16-6-1-11-28(36)29-12-2-7-17-37(29)45/h1-25H. The van der Waals surface area contributed by atoms with E-state index in [-0.39, 0.29) is 10.9 Å². The summed E-state index contributed by atoms with van der Waals surface area (Å²) in [7, 11) is 0. The molecule has 2 aromatic heterocycles. The first-order chi connectivity index (χ1) is 23.7. The largest absolute Gasteiger partial charge is 0.308 e. The molecule has 0 atom stereocenters. The maximum absolute atomic E-state index is 14.2. The van der Waals surface area contributed by atoms with Gasteiger partial charge in [0.1, 0.15) is 0 Å². The van der Waals surface area contributed by atoms with Gasteiger partial charge in [-0.15, -0.1) is 0 Å². The lowest BCUT2D eigenvalue weighted by Gasteiger charge is -2.30. The summed E-state index contributed by atoms with van der Waals surface area (Å²) in [4.78, 5) is 28.4. The number of nitrogens with zero attached hydrogens (tertiary/aromatic N) is 1. The fourth-order valence-electron chi connectivity index (χ4n) is 9.04. The van der Waals surface area contributed by atoms with Gasteiger partial charge in [-0.25, -0.2) is 0 Å². The predicted molar refractivity (Wildman–Crippen MR) is 195 cm³/mol. The normalized spacial score (nSPS) is 13.8. The lowest BCUT2D eigenvalue weighted by atomic mass is 9.70. The summed E-state index contributed by atoms with van der Waals surface area (Å²) in [6, 6.07) is 52.4. The summed E-state index contributed by atoms with van der Waals surface area (Å²) in [6.45, 7) is 0. The van der Waals surface area contributed by atoms with Crippen molar-refractivity contribution in [3.8, 4) is 33.4 Å². The average molecular weight is 612 g/mol. The van der Waals surface area contributed by atoms with Gasteiger partial charge in [0.15, 0.2) is 10.9 Å². The molecule has 0 N–H and O–H groups in total. The summed E-state index contributed by atoms with van der Waals surface area (Å²) in [5.41, 5.74) is 13.6. The molecule has 0 amide bonds. The highest BCUT2D eigenvalue weighted by Crippen LogP contribution is 2.63. The lowest BCUT2D eigenvalue weighted by Crippen LogP contribution is -2.25. The van der Waals surface area contributed by atoms with Gasteiger partial charge in [-0.2, -0.15) is 0 Å².